The van der Waals surface area contributed by atoms with E-state index in [0.717, 1.165) is 5.69 Å². The van der Waals surface area contributed by atoms with Crippen LogP contribution >= 0.6 is 11.3 Å². The first-order valence-corrected chi connectivity index (χ1v) is 6.55. The van der Waals surface area contributed by atoms with Gasteiger partial charge in [0, 0.05) is 12.4 Å². The molecule has 2 aromatic heterocycles. The molecule has 2 aromatic rings. The summed E-state index contributed by atoms with van der Waals surface area (Å²) in [5.74, 6) is 5.61. The number of nitrogens with zero attached hydrogens (tertiary/aromatic N) is 5. The molecule has 0 fully saturated rings. The maximum atomic E-state index is 11.2. The molecule has 2 heterocycles. The molecule has 0 bridgehead atoms. The van der Waals surface area contributed by atoms with Crippen molar-refractivity contribution in [1.29, 1.82) is 0 Å². The van der Waals surface area contributed by atoms with Crippen LogP contribution in [0.2, 0.25) is 0 Å². The Morgan fingerprint density at radius 3 is 2.85 bits per heavy atom. The number of hydrogen-bond donors (Lipinski definition) is 2. The predicted molar refractivity (Wildman–Crippen MR) is 75.5 cm³/mol. The third-order valence-corrected chi connectivity index (χ3v) is 3.23. The second-order valence-electron chi connectivity index (χ2n) is 4.04. The van der Waals surface area contributed by atoms with Crippen LogP contribution in [0.15, 0.2) is 10.9 Å². The van der Waals surface area contributed by atoms with Gasteiger partial charge in [-0.05, 0) is 6.92 Å². The lowest BCUT2D eigenvalue weighted by molar-refractivity contribution is -0.385. The van der Waals surface area contributed by atoms with E-state index in [-0.39, 0.29) is 23.1 Å². The Labute approximate surface area is 118 Å². The molecule has 20 heavy (non-hydrogen) atoms. The number of nitrogen functional groups attached to an aromatic ring is 1. The van der Waals surface area contributed by atoms with Gasteiger partial charge in [-0.1, -0.05) is 0 Å². The topological polar surface area (TPSA) is 123 Å². The molecule has 0 aromatic carbocycles. The third-order valence-electron chi connectivity index (χ3n) is 2.60. The summed E-state index contributed by atoms with van der Waals surface area (Å²) < 4.78 is 0. The monoisotopic (exact) mass is 295 g/mol. The second kappa shape index (κ2) is 5.75. The zero-order valence-electron chi connectivity index (χ0n) is 10.9. The van der Waals surface area contributed by atoms with E-state index >= 15 is 0 Å². The van der Waals surface area contributed by atoms with E-state index in [9.17, 15) is 10.1 Å². The van der Waals surface area contributed by atoms with E-state index in [4.69, 9.17) is 5.84 Å². The molecular formula is C10H13N7O2S. The van der Waals surface area contributed by atoms with Crippen molar-refractivity contribution >= 4 is 28.8 Å². The summed E-state index contributed by atoms with van der Waals surface area (Å²) in [5.41, 5.74) is 4.93. The van der Waals surface area contributed by atoms with Crippen LogP contribution in [0.4, 0.5) is 17.5 Å². The lowest BCUT2D eigenvalue weighted by atomic mass is 10.3. The molecule has 2 rings (SSSR count). The van der Waals surface area contributed by atoms with E-state index in [2.05, 4.69) is 20.4 Å². The summed E-state index contributed by atoms with van der Waals surface area (Å²) in [6, 6.07) is 0. The summed E-state index contributed by atoms with van der Waals surface area (Å²) >= 11 is 1.46. The van der Waals surface area contributed by atoms with Crippen molar-refractivity contribution in [2.45, 2.75) is 13.5 Å². The highest BCUT2D eigenvalue weighted by atomic mass is 32.1. The zero-order valence-corrected chi connectivity index (χ0v) is 11.7. The van der Waals surface area contributed by atoms with Crippen LogP contribution in [0.3, 0.4) is 0 Å². The van der Waals surface area contributed by atoms with Crippen molar-refractivity contribution in [1.82, 2.24) is 15.0 Å². The lowest BCUT2D eigenvalue weighted by Crippen LogP contribution is -2.22. The highest BCUT2D eigenvalue weighted by Gasteiger charge is 2.25. The van der Waals surface area contributed by atoms with Crippen LogP contribution in [0.1, 0.15) is 11.4 Å². The minimum absolute atomic E-state index is 0.133. The molecule has 0 atom stereocenters. The standard InChI is InChI=1S/C10H13N7O2S/c1-6-8(17(18)19)9(14-10(13-6)15-11)16(2)3-7-4-20-5-12-7/h4-5H,3,11H2,1-2H3,(H,13,14,15). The van der Waals surface area contributed by atoms with Crippen molar-refractivity contribution in [3.8, 4) is 0 Å². The van der Waals surface area contributed by atoms with Gasteiger partial charge in [0.25, 0.3) is 0 Å². The minimum atomic E-state index is -0.498. The summed E-state index contributed by atoms with van der Waals surface area (Å²) in [6.45, 7) is 1.95. The highest BCUT2D eigenvalue weighted by molar-refractivity contribution is 7.07. The molecule has 10 heteroatoms. The first-order valence-electron chi connectivity index (χ1n) is 5.60. The molecule has 106 valence electrons. The van der Waals surface area contributed by atoms with Crippen LogP contribution in [0.5, 0.6) is 0 Å². The van der Waals surface area contributed by atoms with E-state index in [0.29, 0.717) is 6.54 Å². The molecule has 0 saturated heterocycles. The largest absolute Gasteiger partial charge is 0.348 e. The number of nitro groups is 1. The van der Waals surface area contributed by atoms with Crippen LogP contribution in [-0.4, -0.2) is 26.9 Å². The van der Waals surface area contributed by atoms with E-state index < -0.39 is 4.92 Å². The Bertz CT molecular complexity index is 616. The Balaban J connectivity index is 2.42. The SMILES string of the molecule is Cc1nc(NN)nc(N(C)Cc2cscn2)c1[N+](=O)[O-]. The number of nitrogens with one attached hydrogen (secondary N) is 1. The number of hydrogen-bond acceptors (Lipinski definition) is 9. The number of aryl methyl sites for hydroxylation is 1. The van der Waals surface area contributed by atoms with Crippen LogP contribution in [-0.2, 0) is 6.54 Å². The molecule has 0 aliphatic carbocycles. The third kappa shape index (κ3) is 2.81. The van der Waals surface area contributed by atoms with Crippen LogP contribution in [0.25, 0.3) is 0 Å². The van der Waals surface area contributed by atoms with Gasteiger partial charge >= 0.3 is 5.69 Å². The number of thiazole rings is 1. The molecular weight excluding hydrogens is 282 g/mol. The van der Waals surface area contributed by atoms with Gasteiger partial charge in [0.1, 0.15) is 5.69 Å². The Kier molecular flexibility index (Phi) is 4.05. The van der Waals surface area contributed by atoms with Gasteiger partial charge in [-0.2, -0.15) is 4.98 Å². The van der Waals surface area contributed by atoms with Crippen molar-refractivity contribution < 1.29 is 4.92 Å². The van der Waals surface area contributed by atoms with Gasteiger partial charge in [-0.15, -0.1) is 11.3 Å². The summed E-state index contributed by atoms with van der Waals surface area (Å²) in [4.78, 5) is 24.5. The van der Waals surface area contributed by atoms with Gasteiger partial charge in [-0.3, -0.25) is 15.5 Å². The second-order valence-corrected chi connectivity index (χ2v) is 4.76. The molecule has 0 unspecified atom stereocenters. The molecule has 0 spiro atoms. The molecule has 0 amide bonds. The fourth-order valence-electron chi connectivity index (χ4n) is 1.73. The average molecular weight is 295 g/mol. The molecule has 0 saturated carbocycles. The normalized spacial score (nSPS) is 10.3. The van der Waals surface area contributed by atoms with E-state index in [1.807, 2.05) is 5.38 Å². The van der Waals surface area contributed by atoms with Crippen molar-refractivity contribution in [3.05, 3.63) is 32.4 Å². The van der Waals surface area contributed by atoms with Crippen LogP contribution < -0.4 is 16.2 Å². The van der Waals surface area contributed by atoms with Gasteiger partial charge in [0.05, 0.1) is 22.7 Å². The van der Waals surface area contributed by atoms with Gasteiger partial charge < -0.3 is 4.90 Å². The van der Waals surface area contributed by atoms with Gasteiger partial charge in [0.15, 0.2) is 0 Å². The fraction of sp³-hybridized carbons (Fsp3) is 0.300. The first kappa shape index (κ1) is 14.1. The molecule has 0 aliphatic heterocycles. The number of rotatable bonds is 5. The first-order chi connectivity index (χ1) is 9.52. The smallest absolute Gasteiger partial charge is 0.332 e. The van der Waals surface area contributed by atoms with Crippen molar-refractivity contribution in [3.63, 3.8) is 0 Å². The average Bonchev–Trinajstić information content (AvgIpc) is 2.89. The maximum absolute atomic E-state index is 11.2. The maximum Gasteiger partial charge on any atom is 0.332 e. The van der Waals surface area contributed by atoms with Crippen LogP contribution in [0, 0.1) is 17.0 Å². The summed E-state index contributed by atoms with van der Waals surface area (Å²) in [6.07, 6.45) is 0. The van der Waals surface area contributed by atoms with E-state index in [1.54, 1.807) is 24.4 Å². The van der Waals surface area contributed by atoms with Crippen molar-refractivity contribution in [2.75, 3.05) is 17.4 Å². The summed E-state index contributed by atoms with van der Waals surface area (Å²) in [7, 11) is 1.70. The zero-order chi connectivity index (χ0) is 14.7. The predicted octanol–water partition coefficient (Wildman–Crippen LogP) is 1.07. The van der Waals surface area contributed by atoms with E-state index in [1.165, 1.54) is 11.3 Å². The quantitative estimate of drug-likeness (QED) is 0.477. The van der Waals surface area contributed by atoms with Gasteiger partial charge in [-0.25, -0.2) is 15.8 Å². The molecule has 0 aliphatic rings. The fourth-order valence-corrected chi connectivity index (χ4v) is 2.28. The Morgan fingerprint density at radius 1 is 1.55 bits per heavy atom. The molecule has 9 nitrogen and oxygen atoms in total. The lowest BCUT2D eigenvalue weighted by Gasteiger charge is -2.18. The molecule has 3 N–H and O–H groups in total. The number of anilines is 2. The van der Waals surface area contributed by atoms with Crippen molar-refractivity contribution in [2.24, 2.45) is 5.84 Å². The highest BCUT2D eigenvalue weighted by Crippen LogP contribution is 2.29. The Hall–Kier alpha value is -2.33. The van der Waals surface area contributed by atoms with Gasteiger partial charge in [0.2, 0.25) is 11.8 Å². The Morgan fingerprint density at radius 2 is 2.30 bits per heavy atom. The summed E-state index contributed by atoms with van der Waals surface area (Å²) in [5, 5.41) is 13.1. The minimum Gasteiger partial charge on any atom is -0.348 e. The molecule has 0 radical (unpaired) electrons. The number of aromatic nitrogens is 3. The number of hydrazine groups is 1. The number of nitrogens with two attached hydrogens (primary N) is 1.